The molecule has 0 atom stereocenters. The lowest BCUT2D eigenvalue weighted by molar-refractivity contribution is -0.117. The number of likely N-dealkylation sites (tertiary alicyclic amines) is 1. The monoisotopic (exact) mass is 351 g/mol. The first-order valence-electron chi connectivity index (χ1n) is 8.58. The molecule has 1 aliphatic rings. The van der Waals surface area contributed by atoms with Gasteiger partial charge in [0.1, 0.15) is 5.82 Å². The molecule has 1 fully saturated rings. The van der Waals surface area contributed by atoms with E-state index in [1.807, 2.05) is 18.2 Å². The highest BCUT2D eigenvalue weighted by molar-refractivity contribution is 5.93. The molecule has 0 spiro atoms. The average Bonchev–Trinajstić information content (AvgIpc) is 3.14. The molecular weight excluding hydrogens is 333 g/mol. The van der Waals surface area contributed by atoms with Crippen molar-refractivity contribution in [2.45, 2.75) is 12.8 Å². The van der Waals surface area contributed by atoms with Gasteiger partial charge < -0.3 is 5.32 Å². The normalized spacial score (nSPS) is 14.7. The molecule has 0 unspecified atom stereocenters. The minimum absolute atomic E-state index is 0.0916. The van der Waals surface area contributed by atoms with Gasteiger partial charge >= 0.3 is 0 Å². The largest absolute Gasteiger partial charge is 0.308 e. The van der Waals surface area contributed by atoms with E-state index < -0.39 is 0 Å². The Morgan fingerprint density at radius 2 is 1.92 bits per heavy atom. The maximum absolute atomic E-state index is 13.4. The average molecular weight is 351 g/mol. The number of fused-ring (bicyclic) bond motifs is 1. The second kappa shape index (κ2) is 7.13. The minimum atomic E-state index is -0.384. The SMILES string of the molecule is O=C(CN1CCCC1)Nc1cc2cc(-c3cncc(F)c3)ccc2nn1. The number of carbonyl (C=O) groups is 1. The molecule has 132 valence electrons. The van der Waals surface area contributed by atoms with Crippen LogP contribution in [0.2, 0.25) is 0 Å². The molecule has 1 N–H and O–H groups in total. The van der Waals surface area contributed by atoms with Crippen LogP contribution in [0.5, 0.6) is 0 Å². The van der Waals surface area contributed by atoms with Gasteiger partial charge in [-0.1, -0.05) is 6.07 Å². The molecule has 3 heterocycles. The Morgan fingerprint density at radius 1 is 1.08 bits per heavy atom. The second-order valence-corrected chi connectivity index (χ2v) is 6.43. The summed E-state index contributed by atoms with van der Waals surface area (Å²) in [5.74, 6) is -0.0624. The Balaban J connectivity index is 1.56. The molecule has 1 aliphatic heterocycles. The highest BCUT2D eigenvalue weighted by Gasteiger charge is 2.15. The van der Waals surface area contributed by atoms with Crippen molar-refractivity contribution in [2.75, 3.05) is 25.0 Å². The van der Waals surface area contributed by atoms with Crippen LogP contribution < -0.4 is 5.32 Å². The van der Waals surface area contributed by atoms with Gasteiger partial charge in [-0.2, -0.15) is 0 Å². The molecule has 1 saturated heterocycles. The standard InChI is InChI=1S/C19H18FN5O/c20-16-8-15(10-21-11-16)13-3-4-17-14(7-13)9-18(24-23-17)22-19(26)12-25-5-1-2-6-25/h3-4,7-11H,1-2,5-6,12H2,(H,22,24,26). The topological polar surface area (TPSA) is 71.0 Å². The summed E-state index contributed by atoms with van der Waals surface area (Å²) < 4.78 is 13.4. The van der Waals surface area contributed by atoms with Gasteiger partial charge in [0.25, 0.3) is 0 Å². The second-order valence-electron chi connectivity index (χ2n) is 6.43. The predicted octanol–water partition coefficient (Wildman–Crippen LogP) is 2.87. The Labute approximate surface area is 150 Å². The van der Waals surface area contributed by atoms with E-state index in [9.17, 15) is 9.18 Å². The fourth-order valence-electron chi connectivity index (χ4n) is 3.18. The summed E-state index contributed by atoms with van der Waals surface area (Å²) in [6.45, 7) is 2.29. The van der Waals surface area contributed by atoms with Crippen molar-refractivity contribution in [3.63, 3.8) is 0 Å². The number of carbonyl (C=O) groups excluding carboxylic acids is 1. The molecule has 0 aliphatic carbocycles. The van der Waals surface area contributed by atoms with Gasteiger partial charge in [-0.15, -0.1) is 10.2 Å². The van der Waals surface area contributed by atoms with Gasteiger partial charge in [0.2, 0.25) is 5.91 Å². The fraction of sp³-hybridized carbons (Fsp3) is 0.263. The fourth-order valence-corrected chi connectivity index (χ4v) is 3.18. The third-order valence-corrected chi connectivity index (χ3v) is 4.46. The van der Waals surface area contributed by atoms with Crippen LogP contribution in [0.4, 0.5) is 10.2 Å². The van der Waals surface area contributed by atoms with Crippen LogP contribution >= 0.6 is 0 Å². The van der Waals surface area contributed by atoms with Gasteiger partial charge in [-0.05, 0) is 55.8 Å². The van der Waals surface area contributed by atoms with Gasteiger partial charge in [0, 0.05) is 17.1 Å². The summed E-state index contributed by atoms with van der Waals surface area (Å²) in [5, 5.41) is 11.8. The van der Waals surface area contributed by atoms with Crippen molar-refractivity contribution in [3.8, 4) is 11.1 Å². The maximum Gasteiger partial charge on any atom is 0.239 e. The molecule has 1 amide bonds. The van der Waals surface area contributed by atoms with E-state index in [-0.39, 0.29) is 11.7 Å². The van der Waals surface area contributed by atoms with E-state index in [2.05, 4.69) is 25.4 Å². The summed E-state index contributed by atoms with van der Waals surface area (Å²) in [7, 11) is 0. The molecule has 3 aromatic rings. The number of halogens is 1. The van der Waals surface area contributed by atoms with Crippen LogP contribution in [0, 0.1) is 5.82 Å². The maximum atomic E-state index is 13.4. The number of rotatable bonds is 4. The van der Waals surface area contributed by atoms with Gasteiger partial charge in [-0.3, -0.25) is 14.7 Å². The Kier molecular flexibility index (Phi) is 4.53. The minimum Gasteiger partial charge on any atom is -0.308 e. The molecule has 0 bridgehead atoms. The lowest BCUT2D eigenvalue weighted by atomic mass is 10.1. The van der Waals surface area contributed by atoms with E-state index in [0.29, 0.717) is 23.4 Å². The molecule has 26 heavy (non-hydrogen) atoms. The van der Waals surface area contributed by atoms with Crippen LogP contribution in [0.3, 0.4) is 0 Å². The number of anilines is 1. The van der Waals surface area contributed by atoms with Crippen molar-refractivity contribution in [1.82, 2.24) is 20.1 Å². The highest BCUT2D eigenvalue weighted by Crippen LogP contribution is 2.24. The van der Waals surface area contributed by atoms with Crippen LogP contribution in [0.1, 0.15) is 12.8 Å². The van der Waals surface area contributed by atoms with Crippen LogP contribution in [0.15, 0.2) is 42.7 Å². The number of benzene rings is 1. The first-order chi connectivity index (χ1) is 12.7. The zero-order chi connectivity index (χ0) is 17.9. The van der Waals surface area contributed by atoms with Gasteiger partial charge in [0.15, 0.2) is 5.82 Å². The van der Waals surface area contributed by atoms with E-state index >= 15 is 0 Å². The molecule has 6 nitrogen and oxygen atoms in total. The van der Waals surface area contributed by atoms with Crippen molar-refractivity contribution >= 4 is 22.6 Å². The number of nitrogens with one attached hydrogen (secondary N) is 1. The quantitative estimate of drug-likeness (QED) is 0.783. The van der Waals surface area contributed by atoms with Crippen LogP contribution in [-0.4, -0.2) is 45.6 Å². The smallest absolute Gasteiger partial charge is 0.239 e. The first-order valence-corrected chi connectivity index (χ1v) is 8.58. The Morgan fingerprint density at radius 3 is 2.73 bits per heavy atom. The number of nitrogens with zero attached hydrogens (tertiary/aromatic N) is 4. The summed E-state index contributed by atoms with van der Waals surface area (Å²) in [6.07, 6.45) is 5.06. The molecule has 2 aromatic heterocycles. The number of pyridine rings is 1. The van der Waals surface area contributed by atoms with Crippen molar-refractivity contribution in [2.24, 2.45) is 0 Å². The van der Waals surface area contributed by atoms with Crippen molar-refractivity contribution in [1.29, 1.82) is 0 Å². The number of hydrogen-bond acceptors (Lipinski definition) is 5. The number of amides is 1. The van der Waals surface area contributed by atoms with Crippen LogP contribution in [0.25, 0.3) is 22.0 Å². The lowest BCUT2D eigenvalue weighted by Crippen LogP contribution is -2.31. The molecule has 4 rings (SSSR count). The summed E-state index contributed by atoms with van der Waals surface area (Å²) >= 11 is 0. The van der Waals surface area contributed by atoms with E-state index in [1.54, 1.807) is 12.3 Å². The Hall–Kier alpha value is -2.93. The molecular formula is C19H18FN5O. The van der Waals surface area contributed by atoms with Crippen LogP contribution in [-0.2, 0) is 4.79 Å². The highest BCUT2D eigenvalue weighted by atomic mass is 19.1. The third-order valence-electron chi connectivity index (χ3n) is 4.46. The van der Waals surface area contributed by atoms with Gasteiger partial charge in [-0.25, -0.2) is 4.39 Å². The number of hydrogen-bond donors (Lipinski definition) is 1. The molecule has 0 saturated carbocycles. The number of aromatic nitrogens is 3. The lowest BCUT2D eigenvalue weighted by Gasteiger charge is -2.13. The van der Waals surface area contributed by atoms with Crippen molar-refractivity contribution < 1.29 is 9.18 Å². The summed E-state index contributed by atoms with van der Waals surface area (Å²) in [5.41, 5.74) is 2.21. The summed E-state index contributed by atoms with van der Waals surface area (Å²) in [6, 6.07) is 8.76. The van der Waals surface area contributed by atoms with Gasteiger partial charge in [0.05, 0.1) is 18.3 Å². The first kappa shape index (κ1) is 16.5. The molecule has 0 radical (unpaired) electrons. The third kappa shape index (κ3) is 3.67. The molecule has 7 heteroatoms. The van der Waals surface area contributed by atoms with E-state index in [0.717, 1.165) is 36.9 Å². The van der Waals surface area contributed by atoms with E-state index in [1.165, 1.54) is 12.3 Å². The summed E-state index contributed by atoms with van der Waals surface area (Å²) in [4.78, 5) is 18.2. The zero-order valence-corrected chi connectivity index (χ0v) is 14.2. The zero-order valence-electron chi connectivity index (χ0n) is 14.2. The molecule has 1 aromatic carbocycles. The predicted molar refractivity (Wildman–Crippen MR) is 97.0 cm³/mol. The Bertz CT molecular complexity index is 956. The van der Waals surface area contributed by atoms with E-state index in [4.69, 9.17) is 0 Å². The van der Waals surface area contributed by atoms with Crippen molar-refractivity contribution in [3.05, 3.63) is 48.5 Å².